The van der Waals surface area contributed by atoms with Gasteiger partial charge in [-0.2, -0.15) is 0 Å². The summed E-state index contributed by atoms with van der Waals surface area (Å²) in [6.07, 6.45) is 1.46. The van der Waals surface area contributed by atoms with Crippen molar-refractivity contribution >= 4 is 17.4 Å². The first-order valence-electron chi connectivity index (χ1n) is 7.09. The monoisotopic (exact) mass is 299 g/mol. The lowest BCUT2D eigenvalue weighted by Gasteiger charge is -2.11. The molecule has 6 heteroatoms. The predicted molar refractivity (Wildman–Crippen MR) is 82.2 cm³/mol. The van der Waals surface area contributed by atoms with Crippen LogP contribution in [-0.2, 0) is 6.42 Å². The summed E-state index contributed by atoms with van der Waals surface area (Å²) in [5.74, 6) is 0.746. The Bertz CT molecular complexity index is 407. The van der Waals surface area contributed by atoms with Gasteiger partial charge < -0.3 is 15.7 Å². The Kier molecular flexibility index (Phi) is 7.54. The van der Waals surface area contributed by atoms with Crippen LogP contribution in [0.15, 0.2) is 5.38 Å². The number of nitrogens with zero attached hydrogens (tertiary/aromatic N) is 1. The maximum Gasteiger partial charge on any atom is 0.314 e. The van der Waals surface area contributed by atoms with Crippen molar-refractivity contribution in [1.29, 1.82) is 0 Å². The molecule has 1 aromatic heterocycles. The second kappa shape index (κ2) is 8.92. The summed E-state index contributed by atoms with van der Waals surface area (Å²) in [5, 5.41) is 17.6. The molecule has 1 unspecified atom stereocenters. The number of urea groups is 1. The van der Waals surface area contributed by atoms with Gasteiger partial charge in [0.05, 0.1) is 10.7 Å². The first-order valence-corrected chi connectivity index (χ1v) is 7.97. The molecule has 5 nitrogen and oxygen atoms in total. The number of aromatic nitrogens is 1. The highest BCUT2D eigenvalue weighted by Gasteiger charge is 2.07. The molecule has 0 aliphatic carbocycles. The summed E-state index contributed by atoms with van der Waals surface area (Å²) in [6, 6.07) is -0.158. The van der Waals surface area contributed by atoms with E-state index in [0.717, 1.165) is 17.1 Å². The van der Waals surface area contributed by atoms with E-state index in [1.54, 1.807) is 11.3 Å². The number of aliphatic hydroxyl groups excluding tert-OH is 1. The molecule has 0 saturated heterocycles. The van der Waals surface area contributed by atoms with Gasteiger partial charge in [-0.1, -0.05) is 20.8 Å². The SMILES string of the molecule is CC(CCO)CNC(=O)NCCc1csc(C(C)C)n1. The molecule has 1 atom stereocenters. The van der Waals surface area contributed by atoms with E-state index in [-0.39, 0.29) is 18.6 Å². The molecule has 0 spiro atoms. The summed E-state index contributed by atoms with van der Waals surface area (Å²) >= 11 is 1.67. The molecule has 0 radical (unpaired) electrons. The van der Waals surface area contributed by atoms with Gasteiger partial charge in [0.25, 0.3) is 0 Å². The Balaban J connectivity index is 2.18. The molecule has 1 heterocycles. The highest BCUT2D eigenvalue weighted by molar-refractivity contribution is 7.09. The molecule has 1 rings (SSSR count). The number of hydrogen-bond donors (Lipinski definition) is 3. The van der Waals surface area contributed by atoms with Crippen LogP contribution in [0, 0.1) is 5.92 Å². The Morgan fingerprint density at radius 2 is 2.15 bits per heavy atom. The van der Waals surface area contributed by atoms with Crippen LogP contribution in [0.5, 0.6) is 0 Å². The zero-order valence-corrected chi connectivity index (χ0v) is 13.3. The van der Waals surface area contributed by atoms with Gasteiger partial charge in [-0.25, -0.2) is 9.78 Å². The zero-order chi connectivity index (χ0) is 15.0. The van der Waals surface area contributed by atoms with Crippen molar-refractivity contribution < 1.29 is 9.90 Å². The summed E-state index contributed by atoms with van der Waals surface area (Å²) in [5.41, 5.74) is 1.03. The molecule has 0 bridgehead atoms. The molecule has 0 aliphatic rings. The van der Waals surface area contributed by atoms with Crippen molar-refractivity contribution in [3.63, 3.8) is 0 Å². The van der Waals surface area contributed by atoms with Crippen molar-refractivity contribution in [1.82, 2.24) is 15.6 Å². The van der Waals surface area contributed by atoms with Crippen LogP contribution in [-0.4, -0.2) is 35.8 Å². The number of thiazole rings is 1. The minimum atomic E-state index is -0.158. The standard InChI is InChI=1S/C14H25N3O2S/c1-10(2)13-17-12(9-20-13)4-6-15-14(19)16-8-11(3)5-7-18/h9-11,18H,4-8H2,1-3H3,(H2,15,16,19). The van der Waals surface area contributed by atoms with Crippen molar-refractivity contribution in [2.24, 2.45) is 5.92 Å². The van der Waals surface area contributed by atoms with E-state index in [1.807, 2.05) is 6.92 Å². The molecule has 1 aromatic rings. The van der Waals surface area contributed by atoms with E-state index in [9.17, 15) is 4.79 Å². The quantitative estimate of drug-likeness (QED) is 0.688. The van der Waals surface area contributed by atoms with E-state index >= 15 is 0 Å². The lowest BCUT2D eigenvalue weighted by molar-refractivity contribution is 0.234. The van der Waals surface area contributed by atoms with Crippen LogP contribution < -0.4 is 10.6 Å². The Morgan fingerprint density at radius 3 is 2.75 bits per heavy atom. The minimum Gasteiger partial charge on any atom is -0.396 e. The number of amides is 2. The lowest BCUT2D eigenvalue weighted by atomic mass is 10.1. The molecular weight excluding hydrogens is 274 g/mol. The van der Waals surface area contributed by atoms with Crippen LogP contribution in [0.1, 0.15) is 43.8 Å². The molecule has 0 saturated carbocycles. The third-order valence-corrected chi connectivity index (χ3v) is 4.16. The number of aliphatic hydroxyl groups is 1. The van der Waals surface area contributed by atoms with E-state index < -0.39 is 0 Å². The van der Waals surface area contributed by atoms with Crippen LogP contribution in [0.4, 0.5) is 4.79 Å². The fourth-order valence-electron chi connectivity index (χ4n) is 1.66. The van der Waals surface area contributed by atoms with E-state index in [4.69, 9.17) is 5.11 Å². The van der Waals surface area contributed by atoms with Crippen molar-refractivity contribution in [3.8, 4) is 0 Å². The number of carbonyl (C=O) groups is 1. The largest absolute Gasteiger partial charge is 0.396 e. The summed E-state index contributed by atoms with van der Waals surface area (Å²) in [6.45, 7) is 7.58. The molecule has 0 fully saturated rings. The fourth-order valence-corrected chi connectivity index (χ4v) is 2.53. The first-order chi connectivity index (χ1) is 9.52. The maximum absolute atomic E-state index is 11.6. The third kappa shape index (κ3) is 6.34. The van der Waals surface area contributed by atoms with Gasteiger partial charge in [-0.3, -0.25) is 0 Å². The first kappa shape index (κ1) is 16.9. The molecular formula is C14H25N3O2S. The Hall–Kier alpha value is -1.14. The molecule has 3 N–H and O–H groups in total. The zero-order valence-electron chi connectivity index (χ0n) is 12.5. The average molecular weight is 299 g/mol. The topological polar surface area (TPSA) is 74.2 Å². The van der Waals surface area contributed by atoms with Gasteiger partial charge in [0.2, 0.25) is 0 Å². The fraction of sp³-hybridized carbons (Fsp3) is 0.714. The van der Waals surface area contributed by atoms with E-state index in [2.05, 4.69) is 34.8 Å². The molecule has 0 aliphatic heterocycles. The van der Waals surface area contributed by atoms with Crippen molar-refractivity contribution in [2.45, 2.75) is 39.5 Å². The highest BCUT2D eigenvalue weighted by atomic mass is 32.1. The van der Waals surface area contributed by atoms with Crippen LogP contribution in [0.2, 0.25) is 0 Å². The van der Waals surface area contributed by atoms with E-state index in [1.165, 1.54) is 0 Å². The van der Waals surface area contributed by atoms with Gasteiger partial charge >= 0.3 is 6.03 Å². The second-order valence-corrected chi connectivity index (χ2v) is 6.23. The van der Waals surface area contributed by atoms with Crippen molar-refractivity contribution in [3.05, 3.63) is 16.1 Å². The summed E-state index contributed by atoms with van der Waals surface area (Å²) in [4.78, 5) is 16.1. The van der Waals surface area contributed by atoms with Crippen molar-refractivity contribution in [2.75, 3.05) is 19.7 Å². The number of nitrogens with one attached hydrogen (secondary N) is 2. The average Bonchev–Trinajstić information content (AvgIpc) is 2.86. The van der Waals surface area contributed by atoms with Crippen LogP contribution >= 0.6 is 11.3 Å². The molecule has 20 heavy (non-hydrogen) atoms. The van der Waals surface area contributed by atoms with Gasteiger partial charge in [-0.15, -0.1) is 11.3 Å². The number of rotatable bonds is 8. The van der Waals surface area contributed by atoms with Gasteiger partial charge in [0.1, 0.15) is 0 Å². The molecule has 2 amide bonds. The van der Waals surface area contributed by atoms with Crippen LogP contribution in [0.3, 0.4) is 0 Å². The van der Waals surface area contributed by atoms with Gasteiger partial charge in [0.15, 0.2) is 0 Å². The van der Waals surface area contributed by atoms with E-state index in [0.29, 0.717) is 25.4 Å². The third-order valence-electron chi connectivity index (χ3n) is 2.96. The van der Waals surface area contributed by atoms with Gasteiger partial charge in [-0.05, 0) is 12.3 Å². The summed E-state index contributed by atoms with van der Waals surface area (Å²) in [7, 11) is 0. The molecule has 0 aromatic carbocycles. The normalized spacial score (nSPS) is 12.4. The maximum atomic E-state index is 11.6. The smallest absolute Gasteiger partial charge is 0.314 e. The second-order valence-electron chi connectivity index (χ2n) is 5.34. The lowest BCUT2D eigenvalue weighted by Crippen LogP contribution is -2.38. The Labute approximate surface area is 124 Å². The number of carbonyl (C=O) groups excluding carboxylic acids is 1. The predicted octanol–water partition coefficient (Wildman–Crippen LogP) is 2.13. The Morgan fingerprint density at radius 1 is 1.40 bits per heavy atom. The molecule has 114 valence electrons. The van der Waals surface area contributed by atoms with Crippen LogP contribution in [0.25, 0.3) is 0 Å². The number of hydrogen-bond acceptors (Lipinski definition) is 4. The highest BCUT2D eigenvalue weighted by Crippen LogP contribution is 2.19. The minimum absolute atomic E-state index is 0.158. The summed E-state index contributed by atoms with van der Waals surface area (Å²) < 4.78 is 0. The van der Waals surface area contributed by atoms with Gasteiger partial charge in [0, 0.05) is 37.4 Å².